The molecule has 3 N–H and O–H groups in total. The fourth-order valence-corrected chi connectivity index (χ4v) is 6.29. The summed E-state index contributed by atoms with van der Waals surface area (Å²) in [6.07, 6.45) is 0.684. The van der Waals surface area contributed by atoms with E-state index < -0.39 is 60.2 Å². The Morgan fingerprint density at radius 3 is 2.40 bits per heavy atom. The van der Waals surface area contributed by atoms with Gasteiger partial charge < -0.3 is 15.0 Å². The molecule has 4 aromatic rings. The molecule has 0 radical (unpaired) electrons. The second-order valence-electron chi connectivity index (χ2n) is 13.9. The smallest absolute Gasteiger partial charge is 0.447 e. The fraction of sp³-hybridized carbons (Fsp3) is 0.371. The van der Waals surface area contributed by atoms with Crippen molar-refractivity contribution in [3.63, 3.8) is 0 Å². The van der Waals surface area contributed by atoms with Crippen molar-refractivity contribution in [1.29, 1.82) is 0 Å². The lowest BCUT2D eigenvalue weighted by Crippen LogP contribution is -2.51. The SMILES string of the molecule is CC(C)(C)C[C@]1(c2ccc(-c3cnn(C(F)F)c3)cc2)N=C(NC(=O)C(F)(F)F)N(C(COC(=O)NC2CC2)c2ccc(Cl)c(-c3ncc[nH]3)c2)C1=O. The van der Waals surface area contributed by atoms with Gasteiger partial charge in [-0.15, -0.1) is 0 Å². The Morgan fingerprint density at radius 1 is 1.09 bits per heavy atom. The summed E-state index contributed by atoms with van der Waals surface area (Å²) in [6.45, 7) is 1.98. The molecule has 1 unspecified atom stereocenters. The van der Waals surface area contributed by atoms with Gasteiger partial charge in [-0.25, -0.2) is 19.5 Å². The molecule has 1 aliphatic carbocycles. The molecule has 1 saturated carbocycles. The topological polar surface area (TPSA) is 147 Å². The summed E-state index contributed by atoms with van der Waals surface area (Å²) in [5, 5.41) is 8.38. The Labute approximate surface area is 304 Å². The molecule has 0 bridgehead atoms. The second kappa shape index (κ2) is 14.2. The summed E-state index contributed by atoms with van der Waals surface area (Å²) < 4.78 is 73.9. The lowest BCUT2D eigenvalue weighted by atomic mass is 9.75. The molecule has 12 nitrogen and oxygen atoms in total. The fourth-order valence-electron chi connectivity index (χ4n) is 6.09. The quantitative estimate of drug-likeness (QED) is 0.147. The highest BCUT2D eigenvalue weighted by atomic mass is 35.5. The third kappa shape index (κ3) is 8.19. The number of nitrogens with zero attached hydrogens (tertiary/aromatic N) is 5. The molecule has 18 heteroatoms. The number of hydrogen-bond acceptors (Lipinski definition) is 7. The number of carbonyl (C=O) groups excluding carboxylic acids is 3. The number of imidazole rings is 1. The number of benzene rings is 2. The molecular formula is C35H34ClF5N8O4. The maximum atomic E-state index is 15.1. The minimum absolute atomic E-state index is 0.0581. The van der Waals surface area contributed by atoms with Gasteiger partial charge in [0, 0.05) is 35.8 Å². The van der Waals surface area contributed by atoms with Gasteiger partial charge in [-0.2, -0.15) is 27.1 Å². The van der Waals surface area contributed by atoms with Gasteiger partial charge in [-0.3, -0.25) is 19.8 Å². The molecule has 0 saturated heterocycles. The number of carbonyl (C=O) groups is 3. The number of amides is 3. The standard InChI is InChI=1S/C35H34ClF5N8O4/c1-33(2,3)18-34(22-7-4-19(5-8-22)21-15-44-48(16-21)30(37)38)29(51)49(31(47-34)46-28(50)35(39,40)41)26(17-53-32(52)45-23-9-10-23)20-6-11-25(36)24(14-20)27-42-12-13-43-27/h4-8,11-16,23,26,30H,9-10,17-18H2,1-3H3,(H,42,43)(H,45,52)(H,46,47,50)/t26?,34-/m1/s1. The number of alkyl halides is 5. The van der Waals surface area contributed by atoms with Crippen LogP contribution < -0.4 is 10.6 Å². The summed E-state index contributed by atoms with van der Waals surface area (Å²) in [4.78, 5) is 53.0. The zero-order valence-electron chi connectivity index (χ0n) is 28.5. The third-order valence-corrected chi connectivity index (χ3v) is 8.91. The van der Waals surface area contributed by atoms with Crippen molar-refractivity contribution in [1.82, 2.24) is 35.3 Å². The summed E-state index contributed by atoms with van der Waals surface area (Å²) in [5.41, 5.74) is -0.917. The number of aliphatic imine (C=N–C) groups is 1. The maximum absolute atomic E-state index is 15.1. The number of guanidine groups is 1. The van der Waals surface area contributed by atoms with Crippen LogP contribution in [0.4, 0.5) is 26.7 Å². The number of ether oxygens (including phenoxy) is 1. The molecule has 3 heterocycles. The van der Waals surface area contributed by atoms with Crippen molar-refractivity contribution in [2.45, 2.75) is 70.4 Å². The van der Waals surface area contributed by atoms with E-state index in [1.807, 2.05) is 0 Å². The van der Waals surface area contributed by atoms with Crippen LogP contribution in [-0.4, -0.2) is 67.3 Å². The van der Waals surface area contributed by atoms with Crippen molar-refractivity contribution in [2.75, 3.05) is 6.61 Å². The number of H-pyrrole nitrogens is 1. The van der Waals surface area contributed by atoms with Crippen LogP contribution in [-0.2, 0) is 19.9 Å². The van der Waals surface area contributed by atoms with Crippen LogP contribution in [0.2, 0.25) is 5.02 Å². The average Bonchev–Trinajstić information content (AvgIpc) is 3.44. The van der Waals surface area contributed by atoms with Crippen LogP contribution >= 0.6 is 11.6 Å². The van der Waals surface area contributed by atoms with Crippen molar-refractivity contribution >= 4 is 35.5 Å². The predicted octanol–water partition coefficient (Wildman–Crippen LogP) is 7.13. The van der Waals surface area contributed by atoms with E-state index in [0.29, 0.717) is 27.2 Å². The lowest BCUT2D eigenvalue weighted by molar-refractivity contribution is -0.172. The zero-order valence-corrected chi connectivity index (χ0v) is 29.3. The third-order valence-electron chi connectivity index (χ3n) is 8.58. The number of aromatic amines is 1. The molecule has 2 atom stereocenters. The van der Waals surface area contributed by atoms with E-state index in [-0.39, 0.29) is 28.6 Å². The Morgan fingerprint density at radius 2 is 1.81 bits per heavy atom. The number of halogens is 6. The van der Waals surface area contributed by atoms with Crippen LogP contribution in [0, 0.1) is 5.41 Å². The summed E-state index contributed by atoms with van der Waals surface area (Å²) >= 11 is 6.51. The monoisotopic (exact) mass is 760 g/mol. The van der Waals surface area contributed by atoms with E-state index in [1.165, 1.54) is 36.7 Å². The summed E-state index contributed by atoms with van der Waals surface area (Å²) in [7, 11) is 0. The molecular weight excluding hydrogens is 727 g/mol. The van der Waals surface area contributed by atoms with Crippen molar-refractivity contribution in [3.8, 4) is 22.5 Å². The maximum Gasteiger partial charge on any atom is 0.471 e. The van der Waals surface area contributed by atoms with E-state index in [2.05, 4.69) is 25.4 Å². The molecule has 1 fully saturated rings. The predicted molar refractivity (Wildman–Crippen MR) is 182 cm³/mol. The zero-order chi connectivity index (χ0) is 38.3. The first-order valence-corrected chi connectivity index (χ1v) is 16.8. The Balaban J connectivity index is 1.48. The number of hydrogen-bond donors (Lipinski definition) is 3. The first kappa shape index (κ1) is 37.4. The van der Waals surface area contributed by atoms with Gasteiger partial charge in [0.15, 0.2) is 5.54 Å². The van der Waals surface area contributed by atoms with Gasteiger partial charge in [0.05, 0.1) is 17.3 Å². The van der Waals surface area contributed by atoms with Crippen LogP contribution in [0.15, 0.2) is 72.2 Å². The number of rotatable bonds is 10. The number of nitrogens with one attached hydrogen (secondary N) is 3. The second-order valence-corrected chi connectivity index (χ2v) is 14.3. The Kier molecular flexibility index (Phi) is 10.1. The van der Waals surface area contributed by atoms with Gasteiger partial charge in [-0.05, 0) is 53.5 Å². The summed E-state index contributed by atoms with van der Waals surface area (Å²) in [6, 6.07) is 9.24. The van der Waals surface area contributed by atoms with E-state index in [9.17, 15) is 31.5 Å². The van der Waals surface area contributed by atoms with Crippen LogP contribution in [0.3, 0.4) is 0 Å². The lowest BCUT2D eigenvalue weighted by Gasteiger charge is -2.35. The van der Waals surface area contributed by atoms with Crippen LogP contribution in [0.25, 0.3) is 22.5 Å². The van der Waals surface area contributed by atoms with E-state index in [4.69, 9.17) is 16.3 Å². The molecule has 2 aromatic heterocycles. The molecule has 1 aliphatic heterocycles. The van der Waals surface area contributed by atoms with E-state index in [1.54, 1.807) is 50.5 Å². The average molecular weight is 761 g/mol. The number of aromatic nitrogens is 4. The first-order valence-electron chi connectivity index (χ1n) is 16.4. The minimum atomic E-state index is -5.36. The molecule has 2 aromatic carbocycles. The highest BCUT2D eigenvalue weighted by Crippen LogP contribution is 2.46. The van der Waals surface area contributed by atoms with Crippen molar-refractivity contribution in [2.24, 2.45) is 10.4 Å². The largest absolute Gasteiger partial charge is 0.471 e. The molecule has 3 amide bonds. The Hall–Kier alpha value is -5.32. The first-order chi connectivity index (χ1) is 24.9. The van der Waals surface area contributed by atoms with Crippen LogP contribution in [0.1, 0.15) is 63.8 Å². The molecule has 6 rings (SSSR count). The molecule has 0 spiro atoms. The van der Waals surface area contributed by atoms with Gasteiger partial charge in [0.25, 0.3) is 5.91 Å². The van der Waals surface area contributed by atoms with Crippen LogP contribution in [0.5, 0.6) is 0 Å². The normalized spacial score (nSPS) is 18.3. The van der Waals surface area contributed by atoms with Gasteiger partial charge in [0.2, 0.25) is 5.96 Å². The van der Waals surface area contributed by atoms with E-state index in [0.717, 1.165) is 23.9 Å². The minimum Gasteiger partial charge on any atom is -0.447 e. The van der Waals surface area contributed by atoms with Crippen molar-refractivity contribution in [3.05, 3.63) is 83.4 Å². The Bertz CT molecular complexity index is 2020. The van der Waals surface area contributed by atoms with Gasteiger partial charge in [-0.1, -0.05) is 62.7 Å². The highest BCUT2D eigenvalue weighted by molar-refractivity contribution is 6.33. The summed E-state index contributed by atoms with van der Waals surface area (Å²) in [5.74, 6) is -3.59. The van der Waals surface area contributed by atoms with Gasteiger partial charge in [0.1, 0.15) is 12.4 Å². The molecule has 2 aliphatic rings. The number of alkyl carbamates (subject to hydrolysis) is 1. The molecule has 280 valence electrons. The van der Waals surface area contributed by atoms with Crippen molar-refractivity contribution < 1.29 is 41.1 Å². The molecule has 53 heavy (non-hydrogen) atoms. The van der Waals surface area contributed by atoms with Gasteiger partial charge >= 0.3 is 24.7 Å². The highest BCUT2D eigenvalue weighted by Gasteiger charge is 2.55. The van der Waals surface area contributed by atoms with E-state index >= 15 is 4.79 Å².